The smallest absolute Gasteiger partial charge is 0.225 e. The number of carbonyl (C=O) groups is 1. The summed E-state index contributed by atoms with van der Waals surface area (Å²) in [5, 5.41) is 5.43. The molecule has 1 aromatic carbocycles. The Balaban J connectivity index is 1.68. The van der Waals surface area contributed by atoms with Crippen molar-refractivity contribution in [3.63, 3.8) is 0 Å². The molecule has 126 valence electrons. The third kappa shape index (κ3) is 3.97. The summed E-state index contributed by atoms with van der Waals surface area (Å²) in [6, 6.07) is 4.72. The molecule has 0 aliphatic carbocycles. The fourth-order valence-corrected chi connectivity index (χ4v) is 5.20. The van der Waals surface area contributed by atoms with Crippen LogP contribution >= 0.6 is 34.5 Å². The van der Waals surface area contributed by atoms with Gasteiger partial charge in [-0.15, -0.1) is 11.3 Å². The maximum Gasteiger partial charge on any atom is 0.225 e. The zero-order valence-corrected chi connectivity index (χ0v) is 15.3. The summed E-state index contributed by atoms with van der Waals surface area (Å²) in [5.41, 5.74) is 0.641. The fraction of sp³-hybridized carbons (Fsp3) is 0.200. The Morgan fingerprint density at radius 2 is 2.04 bits per heavy atom. The lowest BCUT2D eigenvalue weighted by Gasteiger charge is -2.08. The highest BCUT2D eigenvalue weighted by Gasteiger charge is 2.23. The number of carbonyl (C=O) groups excluding carboxylic acids is 1. The third-order valence-corrected chi connectivity index (χ3v) is 6.38. The lowest BCUT2D eigenvalue weighted by molar-refractivity contribution is -0.120. The van der Waals surface area contributed by atoms with E-state index in [-0.39, 0.29) is 18.1 Å². The Kier molecular flexibility index (Phi) is 4.96. The van der Waals surface area contributed by atoms with Crippen molar-refractivity contribution in [1.29, 1.82) is 0 Å². The van der Waals surface area contributed by atoms with Gasteiger partial charge in [0.2, 0.25) is 5.91 Å². The highest BCUT2D eigenvalue weighted by molar-refractivity contribution is 7.94. The first kappa shape index (κ1) is 17.4. The number of hydrogen-bond donors (Lipinski definition) is 1. The van der Waals surface area contributed by atoms with Crippen LogP contribution in [0.4, 0.5) is 0 Å². The van der Waals surface area contributed by atoms with E-state index in [1.165, 1.54) is 17.4 Å². The van der Waals surface area contributed by atoms with E-state index in [1.807, 2.05) is 0 Å². The molecule has 0 radical (unpaired) electrons. The van der Waals surface area contributed by atoms with Crippen LogP contribution in [0.3, 0.4) is 0 Å². The molecule has 0 saturated heterocycles. The van der Waals surface area contributed by atoms with Crippen molar-refractivity contribution in [2.24, 2.45) is 0 Å². The summed E-state index contributed by atoms with van der Waals surface area (Å²) in [7, 11) is -3.19. The molecular formula is C15H12Cl2N2O3S2. The number of hydrogen-bond acceptors (Lipinski definition) is 5. The van der Waals surface area contributed by atoms with Gasteiger partial charge in [0.1, 0.15) is 5.01 Å². The summed E-state index contributed by atoms with van der Waals surface area (Å²) in [4.78, 5) is 17.1. The molecule has 1 N–H and O–H groups in total. The molecule has 2 heterocycles. The number of rotatable bonds is 4. The first-order valence-electron chi connectivity index (χ1n) is 6.93. The predicted molar refractivity (Wildman–Crippen MR) is 96.1 cm³/mol. The molecular weight excluding hydrogens is 391 g/mol. The van der Waals surface area contributed by atoms with E-state index in [0.717, 1.165) is 10.3 Å². The molecule has 0 saturated carbocycles. The first-order valence-corrected chi connectivity index (χ1v) is 10.2. The van der Waals surface area contributed by atoms with E-state index >= 15 is 0 Å². The SMILES string of the molecule is O=C(Cc1cnc(-c2c(Cl)cccc2Cl)s1)N[C@@H]1C=CS(=O)(=O)C1. The van der Waals surface area contributed by atoms with Gasteiger partial charge in [-0.1, -0.05) is 29.3 Å². The van der Waals surface area contributed by atoms with Crippen LogP contribution < -0.4 is 5.32 Å². The highest BCUT2D eigenvalue weighted by atomic mass is 35.5. The quantitative estimate of drug-likeness (QED) is 0.851. The molecule has 3 rings (SSSR count). The molecule has 5 nitrogen and oxygen atoms in total. The van der Waals surface area contributed by atoms with Gasteiger partial charge in [0.05, 0.1) is 28.3 Å². The molecule has 1 aromatic heterocycles. The number of benzene rings is 1. The van der Waals surface area contributed by atoms with E-state index in [2.05, 4.69) is 10.3 Å². The second kappa shape index (κ2) is 6.84. The van der Waals surface area contributed by atoms with E-state index in [4.69, 9.17) is 23.2 Å². The number of nitrogens with one attached hydrogen (secondary N) is 1. The second-order valence-electron chi connectivity index (χ2n) is 5.24. The Bertz CT molecular complexity index is 902. The normalized spacial score (nSPS) is 18.7. The minimum absolute atomic E-state index is 0.0953. The van der Waals surface area contributed by atoms with Crippen LogP contribution in [0.1, 0.15) is 4.88 Å². The molecule has 0 spiro atoms. The van der Waals surface area contributed by atoms with Gasteiger partial charge in [0.15, 0.2) is 9.84 Å². The topological polar surface area (TPSA) is 76.1 Å². The lowest BCUT2D eigenvalue weighted by Crippen LogP contribution is -2.36. The molecule has 1 amide bonds. The maximum absolute atomic E-state index is 12.0. The second-order valence-corrected chi connectivity index (χ2v) is 9.10. The minimum atomic E-state index is -3.19. The van der Waals surface area contributed by atoms with Crippen LogP contribution in [-0.2, 0) is 21.1 Å². The summed E-state index contributed by atoms with van der Waals surface area (Å²) >= 11 is 13.6. The van der Waals surface area contributed by atoms with Crippen LogP contribution in [-0.4, -0.2) is 31.1 Å². The van der Waals surface area contributed by atoms with E-state index in [1.54, 1.807) is 24.4 Å². The van der Waals surface area contributed by atoms with Crippen molar-refractivity contribution < 1.29 is 13.2 Å². The summed E-state index contributed by atoms with van der Waals surface area (Å²) in [6.07, 6.45) is 3.19. The van der Waals surface area contributed by atoms with Crippen molar-refractivity contribution >= 4 is 50.3 Å². The summed E-state index contributed by atoms with van der Waals surface area (Å²) in [6.45, 7) is 0. The zero-order valence-electron chi connectivity index (χ0n) is 12.2. The molecule has 0 unspecified atom stereocenters. The zero-order chi connectivity index (χ0) is 17.3. The highest BCUT2D eigenvalue weighted by Crippen LogP contribution is 2.36. The molecule has 0 bridgehead atoms. The average Bonchev–Trinajstić information content (AvgIpc) is 3.05. The molecule has 24 heavy (non-hydrogen) atoms. The molecule has 1 aliphatic rings. The average molecular weight is 403 g/mol. The van der Waals surface area contributed by atoms with Crippen LogP contribution in [0.5, 0.6) is 0 Å². The van der Waals surface area contributed by atoms with Gasteiger partial charge in [-0.25, -0.2) is 13.4 Å². The monoisotopic (exact) mass is 402 g/mol. The van der Waals surface area contributed by atoms with Crippen LogP contribution in [0.15, 0.2) is 35.9 Å². The van der Waals surface area contributed by atoms with Crippen molar-refractivity contribution in [3.8, 4) is 10.6 Å². The largest absolute Gasteiger partial charge is 0.349 e. The lowest BCUT2D eigenvalue weighted by atomic mass is 10.2. The van der Waals surface area contributed by atoms with Gasteiger partial charge < -0.3 is 5.32 Å². The Labute approximate surface area is 153 Å². The van der Waals surface area contributed by atoms with Crippen LogP contribution in [0, 0.1) is 0 Å². The number of nitrogens with zero attached hydrogens (tertiary/aromatic N) is 1. The number of halogens is 2. The van der Waals surface area contributed by atoms with E-state index < -0.39 is 15.9 Å². The standard InChI is InChI=1S/C15H12Cl2N2O3S2/c16-11-2-1-3-12(17)14(11)15-18-7-10(23-15)6-13(20)19-9-4-5-24(21,22)8-9/h1-5,7,9H,6,8H2,(H,19,20)/t9-/m1/s1. The summed E-state index contributed by atoms with van der Waals surface area (Å²) in [5.74, 6) is -0.357. The molecule has 1 aliphatic heterocycles. The third-order valence-electron chi connectivity index (χ3n) is 3.34. The number of aromatic nitrogens is 1. The number of amides is 1. The van der Waals surface area contributed by atoms with Gasteiger partial charge >= 0.3 is 0 Å². The number of sulfone groups is 1. The minimum Gasteiger partial charge on any atom is -0.349 e. The van der Waals surface area contributed by atoms with Gasteiger partial charge in [0, 0.05) is 22.0 Å². The summed E-state index contributed by atoms with van der Waals surface area (Å²) < 4.78 is 22.7. The van der Waals surface area contributed by atoms with Crippen molar-refractivity contribution in [2.75, 3.05) is 5.75 Å². The molecule has 1 atom stereocenters. The molecule has 0 fully saturated rings. The van der Waals surface area contributed by atoms with Gasteiger partial charge in [-0.3, -0.25) is 4.79 Å². The van der Waals surface area contributed by atoms with Crippen LogP contribution in [0.25, 0.3) is 10.6 Å². The van der Waals surface area contributed by atoms with Crippen LogP contribution in [0.2, 0.25) is 10.0 Å². The van der Waals surface area contributed by atoms with Gasteiger partial charge in [0.25, 0.3) is 0 Å². The fourth-order valence-electron chi connectivity index (χ4n) is 2.29. The predicted octanol–water partition coefficient (Wildman–Crippen LogP) is 3.09. The van der Waals surface area contributed by atoms with E-state index in [9.17, 15) is 13.2 Å². The first-order chi connectivity index (χ1) is 11.3. The van der Waals surface area contributed by atoms with Gasteiger partial charge in [-0.05, 0) is 18.2 Å². The van der Waals surface area contributed by atoms with Gasteiger partial charge in [-0.2, -0.15) is 0 Å². The molecule has 9 heteroatoms. The number of thiazole rings is 1. The molecule has 2 aromatic rings. The Morgan fingerprint density at radius 3 is 2.67 bits per heavy atom. The van der Waals surface area contributed by atoms with Crippen molar-refractivity contribution in [2.45, 2.75) is 12.5 Å². The Morgan fingerprint density at radius 1 is 1.33 bits per heavy atom. The maximum atomic E-state index is 12.0. The Hall–Kier alpha value is -1.41. The van der Waals surface area contributed by atoms with E-state index in [0.29, 0.717) is 20.6 Å². The van der Waals surface area contributed by atoms with Crippen molar-refractivity contribution in [3.05, 3.63) is 50.8 Å². The van der Waals surface area contributed by atoms with Crippen molar-refractivity contribution in [1.82, 2.24) is 10.3 Å².